The molecule has 1 saturated heterocycles. The Morgan fingerprint density at radius 2 is 2.14 bits per heavy atom. The van der Waals surface area contributed by atoms with Gasteiger partial charge in [0.15, 0.2) is 0 Å². The molecule has 0 saturated carbocycles. The van der Waals surface area contributed by atoms with Crippen molar-refractivity contribution < 1.29 is 32.6 Å². The van der Waals surface area contributed by atoms with Gasteiger partial charge in [0.25, 0.3) is 0 Å². The number of carboxylic acid groups (broad SMARTS) is 1. The maximum absolute atomic E-state index is 12.6. The van der Waals surface area contributed by atoms with Crippen LogP contribution in [0, 0.1) is 0 Å². The molecule has 1 aromatic rings. The summed E-state index contributed by atoms with van der Waals surface area (Å²) in [7, 11) is 0. The highest BCUT2D eigenvalue weighted by Crippen LogP contribution is 2.30. The summed E-state index contributed by atoms with van der Waals surface area (Å²) in [5.41, 5.74) is -0.554. The molecular formula is C13H12F3NO4. The summed E-state index contributed by atoms with van der Waals surface area (Å²) >= 11 is 0. The molecule has 2 rings (SSSR count). The Kier molecular flexibility index (Phi) is 4.06. The lowest BCUT2D eigenvalue weighted by atomic mass is 10.1. The van der Waals surface area contributed by atoms with Crippen LogP contribution in [0.3, 0.4) is 0 Å². The molecule has 1 amide bonds. The summed E-state index contributed by atoms with van der Waals surface area (Å²) in [4.78, 5) is 23.4. The molecule has 114 valence electrons. The zero-order valence-electron chi connectivity index (χ0n) is 10.8. The van der Waals surface area contributed by atoms with Gasteiger partial charge in [-0.2, -0.15) is 13.2 Å². The third-order valence-electron chi connectivity index (χ3n) is 3.09. The lowest BCUT2D eigenvalue weighted by molar-refractivity contribution is -0.138. The SMILES string of the molecule is O=C(O)CC1COC(=O)N1Cc1cccc(C(F)(F)F)c1. The zero-order valence-corrected chi connectivity index (χ0v) is 10.8. The Bertz CT molecular complexity index is 559. The number of carboxylic acids is 1. The van der Waals surface area contributed by atoms with E-state index in [2.05, 4.69) is 0 Å². The highest BCUT2D eigenvalue weighted by Gasteiger charge is 2.35. The van der Waals surface area contributed by atoms with Crippen molar-refractivity contribution in [2.75, 3.05) is 6.61 Å². The van der Waals surface area contributed by atoms with Crippen molar-refractivity contribution in [3.05, 3.63) is 35.4 Å². The molecule has 21 heavy (non-hydrogen) atoms. The van der Waals surface area contributed by atoms with E-state index in [-0.39, 0.29) is 25.1 Å². The number of amides is 1. The highest BCUT2D eigenvalue weighted by molar-refractivity contribution is 5.73. The topological polar surface area (TPSA) is 66.8 Å². The third kappa shape index (κ3) is 3.65. The Balaban J connectivity index is 2.16. The first kappa shape index (κ1) is 15.1. The summed E-state index contributed by atoms with van der Waals surface area (Å²) < 4.78 is 42.6. The normalized spacial score (nSPS) is 18.7. The zero-order chi connectivity index (χ0) is 15.6. The summed E-state index contributed by atoms with van der Waals surface area (Å²) in [5, 5.41) is 8.75. The van der Waals surface area contributed by atoms with E-state index in [1.807, 2.05) is 0 Å². The standard InChI is InChI=1S/C13H12F3NO4/c14-13(15,16)9-3-1-2-8(4-9)6-17-10(5-11(18)19)7-21-12(17)20/h1-4,10H,5-7H2,(H,18,19). The Morgan fingerprint density at radius 1 is 1.43 bits per heavy atom. The van der Waals surface area contributed by atoms with E-state index in [0.717, 1.165) is 17.0 Å². The van der Waals surface area contributed by atoms with E-state index in [1.54, 1.807) is 0 Å². The molecule has 0 aromatic heterocycles. The van der Waals surface area contributed by atoms with Gasteiger partial charge in [-0.15, -0.1) is 0 Å². The van der Waals surface area contributed by atoms with Crippen LogP contribution in [0.4, 0.5) is 18.0 Å². The van der Waals surface area contributed by atoms with Crippen molar-refractivity contribution in [1.82, 2.24) is 4.90 Å². The molecule has 1 aliphatic heterocycles. The predicted octanol–water partition coefficient (Wildman–Crippen LogP) is 2.50. The van der Waals surface area contributed by atoms with Crippen molar-refractivity contribution in [3.63, 3.8) is 0 Å². The van der Waals surface area contributed by atoms with Crippen molar-refractivity contribution >= 4 is 12.1 Å². The van der Waals surface area contributed by atoms with Gasteiger partial charge in [0.2, 0.25) is 0 Å². The molecule has 0 spiro atoms. The molecular weight excluding hydrogens is 291 g/mol. The summed E-state index contributed by atoms with van der Waals surface area (Å²) in [6.45, 7) is -0.204. The van der Waals surface area contributed by atoms with Gasteiger partial charge < -0.3 is 9.84 Å². The third-order valence-corrected chi connectivity index (χ3v) is 3.09. The number of benzene rings is 1. The van der Waals surface area contributed by atoms with Crippen LogP contribution in [0.1, 0.15) is 17.5 Å². The second-order valence-electron chi connectivity index (χ2n) is 4.65. The number of carbonyl (C=O) groups excluding carboxylic acids is 1. The maximum atomic E-state index is 12.6. The number of hydrogen-bond acceptors (Lipinski definition) is 3. The Hall–Kier alpha value is -2.25. The molecule has 1 atom stereocenters. The number of rotatable bonds is 4. The van der Waals surface area contributed by atoms with Crippen LogP contribution in [0.5, 0.6) is 0 Å². The Morgan fingerprint density at radius 3 is 2.76 bits per heavy atom. The van der Waals surface area contributed by atoms with E-state index in [9.17, 15) is 22.8 Å². The molecule has 5 nitrogen and oxygen atoms in total. The van der Waals surface area contributed by atoms with Crippen LogP contribution in [-0.4, -0.2) is 34.7 Å². The Labute approximate surface area is 117 Å². The van der Waals surface area contributed by atoms with Gasteiger partial charge in [0.05, 0.1) is 18.0 Å². The monoisotopic (exact) mass is 303 g/mol. The number of ether oxygens (including phenoxy) is 1. The largest absolute Gasteiger partial charge is 0.481 e. The first-order chi connectivity index (χ1) is 9.77. The fraction of sp³-hybridized carbons (Fsp3) is 0.385. The van der Waals surface area contributed by atoms with Crippen LogP contribution >= 0.6 is 0 Å². The lowest BCUT2D eigenvalue weighted by Crippen LogP contribution is -2.34. The van der Waals surface area contributed by atoms with E-state index < -0.39 is 29.8 Å². The number of aliphatic carboxylic acids is 1. The average molecular weight is 303 g/mol. The number of halogens is 3. The second kappa shape index (κ2) is 5.63. The van der Waals surface area contributed by atoms with Crippen molar-refractivity contribution in [1.29, 1.82) is 0 Å². The first-order valence-electron chi connectivity index (χ1n) is 6.08. The molecule has 1 N–H and O–H groups in total. The molecule has 0 bridgehead atoms. The average Bonchev–Trinajstić information content (AvgIpc) is 2.70. The summed E-state index contributed by atoms with van der Waals surface area (Å²) in [6, 6.07) is 3.87. The first-order valence-corrected chi connectivity index (χ1v) is 6.08. The van der Waals surface area contributed by atoms with E-state index >= 15 is 0 Å². The molecule has 1 fully saturated rings. The minimum Gasteiger partial charge on any atom is -0.481 e. The van der Waals surface area contributed by atoms with Gasteiger partial charge in [0.1, 0.15) is 6.61 Å². The smallest absolute Gasteiger partial charge is 0.416 e. The summed E-state index contributed by atoms with van der Waals surface area (Å²) in [5.74, 6) is -1.10. The maximum Gasteiger partial charge on any atom is 0.416 e. The molecule has 0 radical (unpaired) electrons. The number of cyclic esters (lactones) is 1. The molecule has 0 aliphatic carbocycles. The minimum absolute atomic E-state index is 0.0793. The molecule has 8 heteroatoms. The lowest BCUT2D eigenvalue weighted by Gasteiger charge is -2.20. The molecule has 1 heterocycles. The van der Waals surface area contributed by atoms with Gasteiger partial charge in [-0.25, -0.2) is 4.79 Å². The van der Waals surface area contributed by atoms with E-state index in [0.29, 0.717) is 0 Å². The van der Waals surface area contributed by atoms with Crippen LogP contribution in [0.25, 0.3) is 0 Å². The van der Waals surface area contributed by atoms with Gasteiger partial charge in [-0.1, -0.05) is 12.1 Å². The summed E-state index contributed by atoms with van der Waals surface area (Å²) in [6.07, 6.45) is -5.51. The second-order valence-corrected chi connectivity index (χ2v) is 4.65. The molecule has 1 aromatic carbocycles. The number of nitrogens with zero attached hydrogens (tertiary/aromatic N) is 1. The fourth-order valence-corrected chi connectivity index (χ4v) is 2.10. The predicted molar refractivity (Wildman–Crippen MR) is 64.4 cm³/mol. The van der Waals surface area contributed by atoms with Gasteiger partial charge in [-0.3, -0.25) is 9.69 Å². The van der Waals surface area contributed by atoms with Gasteiger partial charge in [0, 0.05) is 6.54 Å². The van der Waals surface area contributed by atoms with Crippen LogP contribution in [0.2, 0.25) is 0 Å². The van der Waals surface area contributed by atoms with E-state index in [4.69, 9.17) is 9.84 Å². The van der Waals surface area contributed by atoms with Crippen molar-refractivity contribution in [2.24, 2.45) is 0 Å². The molecule has 1 unspecified atom stereocenters. The van der Waals surface area contributed by atoms with Crippen LogP contribution in [-0.2, 0) is 22.3 Å². The highest BCUT2D eigenvalue weighted by atomic mass is 19.4. The van der Waals surface area contributed by atoms with Gasteiger partial charge in [-0.05, 0) is 17.7 Å². The van der Waals surface area contributed by atoms with E-state index in [1.165, 1.54) is 12.1 Å². The van der Waals surface area contributed by atoms with Gasteiger partial charge >= 0.3 is 18.2 Å². The number of alkyl halides is 3. The van der Waals surface area contributed by atoms with Crippen molar-refractivity contribution in [3.8, 4) is 0 Å². The van der Waals surface area contributed by atoms with Crippen LogP contribution in [0.15, 0.2) is 24.3 Å². The quantitative estimate of drug-likeness (QED) is 0.928. The fourth-order valence-electron chi connectivity index (χ4n) is 2.10. The number of hydrogen-bond donors (Lipinski definition) is 1. The minimum atomic E-state index is -4.47. The number of carbonyl (C=O) groups is 2. The molecule has 1 aliphatic rings. The van der Waals surface area contributed by atoms with Crippen LogP contribution < -0.4 is 0 Å². The van der Waals surface area contributed by atoms with Crippen molar-refractivity contribution in [2.45, 2.75) is 25.2 Å².